The zero-order valence-electron chi connectivity index (χ0n) is 8.97. The monoisotopic (exact) mass is 221 g/mol. The fourth-order valence-electron chi connectivity index (χ4n) is 1.17. The molecule has 0 fully saturated rings. The smallest absolute Gasteiger partial charge is 0.322 e. The summed E-state index contributed by atoms with van der Waals surface area (Å²) < 4.78 is 6.88. The van der Waals surface area contributed by atoms with Gasteiger partial charge in [0.25, 0.3) is 5.89 Å². The van der Waals surface area contributed by atoms with Crippen molar-refractivity contribution in [2.45, 2.75) is 13.3 Å². The van der Waals surface area contributed by atoms with Gasteiger partial charge in [0.05, 0.1) is 0 Å². The predicted molar refractivity (Wildman–Crippen MR) is 55.4 cm³/mol. The Morgan fingerprint density at radius 2 is 2.38 bits per heavy atom. The second kappa shape index (κ2) is 4.13. The highest BCUT2D eigenvalue weighted by Crippen LogP contribution is 2.18. The standard InChI is InChI=1S/C9H11N5O2/c1-3-7(15)11-9-13-12-8(16-9)6-4-5-10-14(6)2/h4-5H,3H2,1-2H3,(H,11,13,15). The van der Waals surface area contributed by atoms with E-state index in [0.29, 0.717) is 18.0 Å². The maximum absolute atomic E-state index is 11.1. The topological polar surface area (TPSA) is 85.8 Å². The first-order valence-corrected chi connectivity index (χ1v) is 4.82. The van der Waals surface area contributed by atoms with Crippen LogP contribution in [0.15, 0.2) is 16.7 Å². The van der Waals surface area contributed by atoms with E-state index in [9.17, 15) is 4.79 Å². The molecule has 1 N–H and O–H groups in total. The average Bonchev–Trinajstić information content (AvgIpc) is 2.86. The second-order valence-electron chi connectivity index (χ2n) is 3.15. The number of carbonyl (C=O) groups is 1. The van der Waals surface area contributed by atoms with Crippen molar-refractivity contribution < 1.29 is 9.21 Å². The molecule has 2 rings (SSSR count). The number of amides is 1. The number of carbonyl (C=O) groups excluding carboxylic acids is 1. The van der Waals surface area contributed by atoms with Crippen LogP contribution in [0, 0.1) is 0 Å². The van der Waals surface area contributed by atoms with Crippen LogP contribution in [0.3, 0.4) is 0 Å². The van der Waals surface area contributed by atoms with Gasteiger partial charge in [0.15, 0.2) is 0 Å². The summed E-state index contributed by atoms with van der Waals surface area (Å²) in [5, 5.41) is 14.0. The number of nitrogens with one attached hydrogen (secondary N) is 1. The van der Waals surface area contributed by atoms with Crippen LogP contribution in [0.4, 0.5) is 6.01 Å². The molecule has 2 aromatic rings. The molecule has 16 heavy (non-hydrogen) atoms. The highest BCUT2D eigenvalue weighted by atomic mass is 16.4. The summed E-state index contributed by atoms with van der Waals surface area (Å²) in [4.78, 5) is 11.1. The normalized spacial score (nSPS) is 10.4. The van der Waals surface area contributed by atoms with E-state index in [1.54, 1.807) is 30.9 Å². The highest BCUT2D eigenvalue weighted by molar-refractivity contribution is 5.88. The van der Waals surface area contributed by atoms with E-state index in [1.807, 2.05) is 0 Å². The fourth-order valence-corrected chi connectivity index (χ4v) is 1.17. The van der Waals surface area contributed by atoms with Crippen LogP contribution in [0.1, 0.15) is 13.3 Å². The fraction of sp³-hybridized carbons (Fsp3) is 0.333. The number of rotatable bonds is 3. The molecule has 84 valence electrons. The number of hydrogen-bond donors (Lipinski definition) is 1. The van der Waals surface area contributed by atoms with Gasteiger partial charge in [0, 0.05) is 19.7 Å². The summed E-state index contributed by atoms with van der Waals surface area (Å²) in [6.07, 6.45) is 1.99. The molecule has 7 nitrogen and oxygen atoms in total. The third-order valence-corrected chi connectivity index (χ3v) is 2.03. The molecule has 0 saturated carbocycles. The van der Waals surface area contributed by atoms with Crippen LogP contribution in [-0.4, -0.2) is 25.9 Å². The molecule has 0 bridgehead atoms. The van der Waals surface area contributed by atoms with Gasteiger partial charge in [0.1, 0.15) is 5.69 Å². The minimum Gasteiger partial charge on any atom is -0.401 e. The molecular weight excluding hydrogens is 210 g/mol. The Balaban J connectivity index is 2.20. The first-order valence-electron chi connectivity index (χ1n) is 4.82. The Morgan fingerprint density at radius 1 is 1.56 bits per heavy atom. The van der Waals surface area contributed by atoms with Crippen molar-refractivity contribution >= 4 is 11.9 Å². The van der Waals surface area contributed by atoms with Crippen molar-refractivity contribution in [1.82, 2.24) is 20.0 Å². The van der Waals surface area contributed by atoms with Gasteiger partial charge >= 0.3 is 6.01 Å². The van der Waals surface area contributed by atoms with E-state index in [0.717, 1.165) is 0 Å². The molecule has 2 heterocycles. The Hall–Kier alpha value is -2.18. The van der Waals surface area contributed by atoms with Crippen LogP contribution in [0.2, 0.25) is 0 Å². The lowest BCUT2D eigenvalue weighted by Crippen LogP contribution is -2.09. The Labute approximate surface area is 91.5 Å². The van der Waals surface area contributed by atoms with Crippen molar-refractivity contribution in [1.29, 1.82) is 0 Å². The lowest BCUT2D eigenvalue weighted by Gasteiger charge is -1.95. The highest BCUT2D eigenvalue weighted by Gasteiger charge is 2.12. The van der Waals surface area contributed by atoms with E-state index < -0.39 is 0 Å². The van der Waals surface area contributed by atoms with Crippen molar-refractivity contribution in [3.63, 3.8) is 0 Å². The summed E-state index contributed by atoms with van der Waals surface area (Å²) in [5.41, 5.74) is 0.699. The summed E-state index contributed by atoms with van der Waals surface area (Å²) in [6, 6.07) is 1.85. The minimum absolute atomic E-state index is 0.100. The zero-order chi connectivity index (χ0) is 11.5. The third-order valence-electron chi connectivity index (χ3n) is 2.03. The molecule has 0 aliphatic rings. The van der Waals surface area contributed by atoms with E-state index in [2.05, 4.69) is 20.6 Å². The summed E-state index contributed by atoms with van der Waals surface area (Å²) in [7, 11) is 1.77. The molecule has 0 radical (unpaired) electrons. The molecule has 0 aromatic carbocycles. The molecular formula is C9H11N5O2. The maximum Gasteiger partial charge on any atom is 0.322 e. The van der Waals surface area contributed by atoms with Crippen LogP contribution < -0.4 is 5.32 Å². The quantitative estimate of drug-likeness (QED) is 0.829. The van der Waals surface area contributed by atoms with Gasteiger partial charge in [-0.1, -0.05) is 12.0 Å². The average molecular weight is 221 g/mol. The van der Waals surface area contributed by atoms with Crippen molar-refractivity contribution in [3.8, 4) is 11.6 Å². The van der Waals surface area contributed by atoms with E-state index in [4.69, 9.17) is 4.42 Å². The Bertz CT molecular complexity index is 501. The zero-order valence-corrected chi connectivity index (χ0v) is 8.97. The number of hydrogen-bond acceptors (Lipinski definition) is 5. The number of anilines is 1. The number of aryl methyl sites for hydroxylation is 1. The van der Waals surface area contributed by atoms with Gasteiger partial charge in [0.2, 0.25) is 5.91 Å². The maximum atomic E-state index is 11.1. The summed E-state index contributed by atoms with van der Waals surface area (Å²) >= 11 is 0. The molecule has 0 aliphatic carbocycles. The van der Waals surface area contributed by atoms with E-state index in [-0.39, 0.29) is 11.9 Å². The van der Waals surface area contributed by atoms with Crippen molar-refractivity contribution in [3.05, 3.63) is 12.3 Å². The van der Waals surface area contributed by atoms with Crippen LogP contribution in [0.5, 0.6) is 0 Å². The van der Waals surface area contributed by atoms with E-state index >= 15 is 0 Å². The molecule has 7 heteroatoms. The van der Waals surface area contributed by atoms with Crippen LogP contribution in [-0.2, 0) is 11.8 Å². The van der Waals surface area contributed by atoms with Crippen LogP contribution in [0.25, 0.3) is 11.6 Å². The molecule has 2 aromatic heterocycles. The number of nitrogens with zero attached hydrogens (tertiary/aromatic N) is 4. The number of aromatic nitrogens is 4. The van der Waals surface area contributed by atoms with Gasteiger partial charge in [-0.15, -0.1) is 5.10 Å². The summed E-state index contributed by atoms with van der Waals surface area (Å²) in [5.74, 6) is 0.159. The summed E-state index contributed by atoms with van der Waals surface area (Å²) in [6.45, 7) is 1.74. The second-order valence-corrected chi connectivity index (χ2v) is 3.15. The van der Waals surface area contributed by atoms with Gasteiger partial charge < -0.3 is 4.42 Å². The Kier molecular flexibility index (Phi) is 2.67. The first kappa shape index (κ1) is 10.3. The van der Waals surface area contributed by atoms with Gasteiger partial charge in [-0.25, -0.2) is 0 Å². The van der Waals surface area contributed by atoms with Crippen molar-refractivity contribution in [2.75, 3.05) is 5.32 Å². The largest absolute Gasteiger partial charge is 0.401 e. The lowest BCUT2D eigenvalue weighted by molar-refractivity contribution is -0.116. The van der Waals surface area contributed by atoms with Gasteiger partial charge in [-0.05, 0) is 6.07 Å². The minimum atomic E-state index is -0.166. The lowest BCUT2D eigenvalue weighted by atomic mass is 10.4. The van der Waals surface area contributed by atoms with Crippen LogP contribution >= 0.6 is 0 Å². The van der Waals surface area contributed by atoms with E-state index in [1.165, 1.54) is 0 Å². The molecule has 0 aliphatic heterocycles. The SMILES string of the molecule is CCC(=O)Nc1nnc(-c2ccnn2C)o1. The van der Waals surface area contributed by atoms with Gasteiger partial charge in [-0.3, -0.25) is 14.8 Å². The first-order chi connectivity index (χ1) is 7.70. The molecule has 0 atom stereocenters. The Morgan fingerprint density at radius 3 is 3.00 bits per heavy atom. The predicted octanol–water partition coefficient (Wildman–Crippen LogP) is 0.819. The molecule has 0 spiro atoms. The van der Waals surface area contributed by atoms with Gasteiger partial charge in [-0.2, -0.15) is 5.10 Å². The van der Waals surface area contributed by atoms with Crippen molar-refractivity contribution in [2.24, 2.45) is 7.05 Å². The third kappa shape index (κ3) is 1.92. The molecule has 0 unspecified atom stereocenters. The molecule has 1 amide bonds. The molecule has 0 saturated heterocycles.